The van der Waals surface area contributed by atoms with Crippen LogP contribution in [-0.2, 0) is 6.54 Å². The largest absolute Gasteiger partial charge is 0.495 e. The van der Waals surface area contributed by atoms with Crippen LogP contribution >= 0.6 is 23.2 Å². The van der Waals surface area contributed by atoms with E-state index in [2.05, 4.69) is 5.32 Å². The minimum Gasteiger partial charge on any atom is -0.495 e. The number of anilines is 1. The van der Waals surface area contributed by atoms with Crippen molar-refractivity contribution in [2.45, 2.75) is 6.54 Å². The summed E-state index contributed by atoms with van der Waals surface area (Å²) in [6, 6.07) is 13.2. The maximum absolute atomic E-state index is 5.95. The van der Waals surface area contributed by atoms with Crippen molar-refractivity contribution < 1.29 is 4.74 Å². The monoisotopic (exact) mass is 281 g/mol. The topological polar surface area (TPSA) is 21.3 Å². The van der Waals surface area contributed by atoms with Gasteiger partial charge in [0.05, 0.1) is 12.8 Å². The van der Waals surface area contributed by atoms with E-state index < -0.39 is 0 Å². The van der Waals surface area contributed by atoms with Crippen LogP contribution in [0.1, 0.15) is 5.56 Å². The SMILES string of the molecule is COc1ccccc1NCc1cc(Cl)cc(Cl)c1. The number of para-hydroxylation sites is 2. The first-order valence-electron chi connectivity index (χ1n) is 5.51. The van der Waals surface area contributed by atoms with E-state index in [1.165, 1.54) is 0 Å². The third-order valence-corrected chi connectivity index (χ3v) is 2.95. The molecular weight excluding hydrogens is 269 g/mol. The molecule has 18 heavy (non-hydrogen) atoms. The van der Waals surface area contributed by atoms with Gasteiger partial charge in [0.25, 0.3) is 0 Å². The van der Waals surface area contributed by atoms with E-state index in [0.717, 1.165) is 17.0 Å². The molecule has 0 radical (unpaired) electrons. The molecule has 0 aliphatic rings. The normalized spacial score (nSPS) is 10.2. The van der Waals surface area contributed by atoms with Gasteiger partial charge in [-0.15, -0.1) is 0 Å². The molecular formula is C14H13Cl2NO. The Labute approximate surface area is 116 Å². The van der Waals surface area contributed by atoms with Gasteiger partial charge in [0, 0.05) is 16.6 Å². The quantitative estimate of drug-likeness (QED) is 0.883. The molecule has 0 spiro atoms. The Bertz CT molecular complexity index is 523. The van der Waals surface area contributed by atoms with E-state index in [1.807, 2.05) is 36.4 Å². The van der Waals surface area contributed by atoms with Gasteiger partial charge in [-0.1, -0.05) is 35.3 Å². The number of hydrogen-bond donors (Lipinski definition) is 1. The second-order valence-corrected chi connectivity index (χ2v) is 4.70. The highest BCUT2D eigenvalue weighted by atomic mass is 35.5. The molecule has 2 rings (SSSR count). The standard InChI is InChI=1S/C14H13Cl2NO/c1-18-14-5-3-2-4-13(14)17-9-10-6-11(15)8-12(16)7-10/h2-8,17H,9H2,1H3. The summed E-state index contributed by atoms with van der Waals surface area (Å²) in [5.41, 5.74) is 1.97. The summed E-state index contributed by atoms with van der Waals surface area (Å²) in [6.45, 7) is 0.640. The van der Waals surface area contributed by atoms with Gasteiger partial charge in [-0.05, 0) is 35.9 Å². The maximum Gasteiger partial charge on any atom is 0.141 e. The summed E-state index contributed by atoms with van der Waals surface area (Å²) in [7, 11) is 1.65. The molecule has 0 unspecified atom stereocenters. The van der Waals surface area contributed by atoms with Crippen LogP contribution in [0.25, 0.3) is 0 Å². The highest BCUT2D eigenvalue weighted by Gasteiger charge is 2.02. The van der Waals surface area contributed by atoms with E-state index in [-0.39, 0.29) is 0 Å². The predicted molar refractivity (Wildman–Crippen MR) is 76.8 cm³/mol. The predicted octanol–water partition coefficient (Wildman–Crippen LogP) is 4.61. The number of benzene rings is 2. The van der Waals surface area contributed by atoms with Crippen molar-refractivity contribution in [2.24, 2.45) is 0 Å². The van der Waals surface area contributed by atoms with Crippen molar-refractivity contribution in [1.82, 2.24) is 0 Å². The summed E-state index contributed by atoms with van der Waals surface area (Å²) < 4.78 is 5.27. The second-order valence-electron chi connectivity index (χ2n) is 3.83. The Morgan fingerprint density at radius 2 is 1.72 bits per heavy atom. The van der Waals surface area contributed by atoms with Crippen LogP contribution in [0.4, 0.5) is 5.69 Å². The first-order chi connectivity index (χ1) is 8.69. The Hall–Kier alpha value is -1.38. The van der Waals surface area contributed by atoms with E-state index >= 15 is 0 Å². The van der Waals surface area contributed by atoms with Crippen molar-refractivity contribution >= 4 is 28.9 Å². The van der Waals surface area contributed by atoms with Crippen molar-refractivity contribution in [3.8, 4) is 5.75 Å². The smallest absolute Gasteiger partial charge is 0.141 e. The number of ether oxygens (including phenoxy) is 1. The molecule has 2 aromatic rings. The van der Waals surface area contributed by atoms with Gasteiger partial charge in [0.2, 0.25) is 0 Å². The molecule has 0 fully saturated rings. The van der Waals surface area contributed by atoms with Gasteiger partial charge < -0.3 is 10.1 Å². The summed E-state index contributed by atoms with van der Waals surface area (Å²) in [5.74, 6) is 0.811. The molecule has 0 atom stereocenters. The van der Waals surface area contributed by atoms with Crippen LogP contribution in [0.5, 0.6) is 5.75 Å². The van der Waals surface area contributed by atoms with Crippen LogP contribution in [0.15, 0.2) is 42.5 Å². The third kappa shape index (κ3) is 3.31. The lowest BCUT2D eigenvalue weighted by Gasteiger charge is -2.11. The third-order valence-electron chi connectivity index (χ3n) is 2.51. The lowest BCUT2D eigenvalue weighted by atomic mass is 10.2. The summed E-state index contributed by atoms with van der Waals surface area (Å²) in [6.07, 6.45) is 0. The van der Waals surface area contributed by atoms with E-state index in [9.17, 15) is 0 Å². The summed E-state index contributed by atoms with van der Waals surface area (Å²) in [4.78, 5) is 0. The van der Waals surface area contributed by atoms with Gasteiger partial charge in [-0.3, -0.25) is 0 Å². The molecule has 1 N–H and O–H groups in total. The molecule has 0 bridgehead atoms. The zero-order chi connectivity index (χ0) is 13.0. The molecule has 0 saturated carbocycles. The van der Waals surface area contributed by atoms with E-state index in [0.29, 0.717) is 16.6 Å². The number of nitrogens with one attached hydrogen (secondary N) is 1. The Kier molecular flexibility index (Phi) is 4.34. The lowest BCUT2D eigenvalue weighted by molar-refractivity contribution is 0.416. The van der Waals surface area contributed by atoms with Crippen LogP contribution in [0.3, 0.4) is 0 Å². The zero-order valence-electron chi connectivity index (χ0n) is 9.91. The first kappa shape index (κ1) is 13.1. The number of rotatable bonds is 4. The number of hydrogen-bond acceptors (Lipinski definition) is 2. The molecule has 0 aromatic heterocycles. The van der Waals surface area contributed by atoms with Gasteiger partial charge in [0.1, 0.15) is 5.75 Å². The Balaban J connectivity index is 2.11. The summed E-state index contributed by atoms with van der Waals surface area (Å²) >= 11 is 11.9. The second kappa shape index (κ2) is 5.98. The van der Waals surface area contributed by atoms with Crippen LogP contribution in [0.2, 0.25) is 10.0 Å². The summed E-state index contributed by atoms with van der Waals surface area (Å²) in [5, 5.41) is 4.57. The van der Waals surface area contributed by atoms with Crippen LogP contribution in [-0.4, -0.2) is 7.11 Å². The number of methoxy groups -OCH3 is 1. The van der Waals surface area contributed by atoms with Crippen LogP contribution in [0, 0.1) is 0 Å². The Morgan fingerprint density at radius 3 is 2.39 bits per heavy atom. The average Bonchev–Trinajstić information content (AvgIpc) is 2.35. The molecule has 94 valence electrons. The van der Waals surface area contributed by atoms with Crippen molar-refractivity contribution in [3.05, 3.63) is 58.1 Å². The van der Waals surface area contributed by atoms with Crippen molar-refractivity contribution in [3.63, 3.8) is 0 Å². The van der Waals surface area contributed by atoms with Crippen molar-refractivity contribution in [1.29, 1.82) is 0 Å². The molecule has 0 heterocycles. The minimum atomic E-state index is 0.638. The van der Waals surface area contributed by atoms with E-state index in [4.69, 9.17) is 27.9 Å². The van der Waals surface area contributed by atoms with Gasteiger partial charge in [-0.2, -0.15) is 0 Å². The molecule has 4 heteroatoms. The van der Waals surface area contributed by atoms with E-state index in [1.54, 1.807) is 13.2 Å². The first-order valence-corrected chi connectivity index (χ1v) is 6.26. The molecule has 0 aliphatic carbocycles. The fourth-order valence-electron chi connectivity index (χ4n) is 1.70. The average molecular weight is 282 g/mol. The Morgan fingerprint density at radius 1 is 1.06 bits per heavy atom. The molecule has 0 aliphatic heterocycles. The minimum absolute atomic E-state index is 0.638. The van der Waals surface area contributed by atoms with Crippen LogP contribution < -0.4 is 10.1 Å². The molecule has 0 saturated heterocycles. The number of halogens is 2. The van der Waals surface area contributed by atoms with Gasteiger partial charge in [-0.25, -0.2) is 0 Å². The molecule has 2 aromatic carbocycles. The van der Waals surface area contributed by atoms with Gasteiger partial charge >= 0.3 is 0 Å². The molecule has 2 nitrogen and oxygen atoms in total. The lowest BCUT2D eigenvalue weighted by Crippen LogP contribution is -2.01. The highest BCUT2D eigenvalue weighted by molar-refractivity contribution is 6.34. The van der Waals surface area contributed by atoms with Gasteiger partial charge in [0.15, 0.2) is 0 Å². The molecule has 0 amide bonds. The highest BCUT2D eigenvalue weighted by Crippen LogP contribution is 2.25. The maximum atomic E-state index is 5.95. The fourth-order valence-corrected chi connectivity index (χ4v) is 2.27. The fraction of sp³-hybridized carbons (Fsp3) is 0.143. The van der Waals surface area contributed by atoms with Crippen molar-refractivity contribution in [2.75, 3.05) is 12.4 Å². The zero-order valence-corrected chi connectivity index (χ0v) is 11.4.